The zero-order chi connectivity index (χ0) is 32.0. The number of nitrogens with zero attached hydrogens (tertiary/aromatic N) is 1. The van der Waals surface area contributed by atoms with E-state index in [2.05, 4.69) is 33.0 Å². The fourth-order valence-electron chi connectivity index (χ4n) is 10.7. The first kappa shape index (κ1) is 32.9. The number of aliphatic carboxylic acids is 1. The van der Waals surface area contributed by atoms with Gasteiger partial charge in [0.2, 0.25) is 5.91 Å². The maximum atomic E-state index is 12.9. The summed E-state index contributed by atoms with van der Waals surface area (Å²) >= 11 is 0. The van der Waals surface area contributed by atoms with Crippen LogP contribution in [-0.2, 0) is 28.8 Å². The van der Waals surface area contributed by atoms with Gasteiger partial charge in [0.1, 0.15) is 6.04 Å². The lowest BCUT2D eigenvalue weighted by Gasteiger charge is -2.67. The Morgan fingerprint density at radius 1 is 0.909 bits per heavy atom. The minimum Gasteiger partial charge on any atom is -0.480 e. The third kappa shape index (κ3) is 5.80. The van der Waals surface area contributed by atoms with E-state index in [1.165, 1.54) is 32.1 Å². The number of carbonyl (C=O) groups excluding carboxylic acids is 4. The number of aliphatic hydroxyl groups excluding tert-OH is 1. The molecule has 44 heavy (non-hydrogen) atoms. The summed E-state index contributed by atoms with van der Waals surface area (Å²) in [5, 5.41) is 23.0. The van der Waals surface area contributed by atoms with Crippen molar-refractivity contribution in [3.8, 4) is 0 Å². The molecule has 0 radical (unpaired) electrons. The normalized spacial score (nSPS) is 39.6. The van der Waals surface area contributed by atoms with Gasteiger partial charge in [-0.3, -0.25) is 14.4 Å². The molecule has 3 amide bonds. The number of carbonyl (C=O) groups is 5. The molecule has 0 spiro atoms. The second-order valence-corrected chi connectivity index (χ2v) is 15.5. The quantitative estimate of drug-likeness (QED) is 0.297. The number of amides is 3. The molecule has 10 atom stereocenters. The van der Waals surface area contributed by atoms with Crippen molar-refractivity contribution in [2.45, 2.75) is 136 Å². The number of imide groups is 1. The molecule has 3 N–H and O–H groups in total. The van der Waals surface area contributed by atoms with Gasteiger partial charge in [0.15, 0.2) is 0 Å². The summed E-state index contributed by atoms with van der Waals surface area (Å²) in [6.45, 7) is 9.82. The van der Waals surface area contributed by atoms with Crippen LogP contribution >= 0.6 is 0 Å². The van der Waals surface area contributed by atoms with Crippen LogP contribution in [0.2, 0.25) is 0 Å². The number of hydroxylamine groups is 2. The Morgan fingerprint density at radius 2 is 1.59 bits per heavy atom. The van der Waals surface area contributed by atoms with E-state index in [-0.39, 0.29) is 49.5 Å². The zero-order valence-corrected chi connectivity index (χ0v) is 26.9. The van der Waals surface area contributed by atoms with Crippen molar-refractivity contribution >= 4 is 29.7 Å². The van der Waals surface area contributed by atoms with Crippen LogP contribution in [-0.4, -0.2) is 57.1 Å². The third-order valence-corrected chi connectivity index (χ3v) is 13.5. The maximum Gasteiger partial charge on any atom is 0.333 e. The molecule has 3 unspecified atom stereocenters. The lowest BCUT2D eigenvalue weighted by molar-refractivity contribution is -0.197. The van der Waals surface area contributed by atoms with Gasteiger partial charge in [0.05, 0.1) is 12.5 Å². The molecule has 1 heterocycles. The fourth-order valence-corrected chi connectivity index (χ4v) is 10.7. The molecular weight excluding hydrogens is 564 g/mol. The van der Waals surface area contributed by atoms with Gasteiger partial charge < -0.3 is 20.4 Å². The predicted molar refractivity (Wildman–Crippen MR) is 160 cm³/mol. The summed E-state index contributed by atoms with van der Waals surface area (Å²) in [6, 6.07) is -1.27. The van der Waals surface area contributed by atoms with Gasteiger partial charge in [-0.2, -0.15) is 0 Å². The van der Waals surface area contributed by atoms with E-state index in [4.69, 9.17) is 4.84 Å². The predicted octanol–water partition coefficient (Wildman–Crippen LogP) is 4.77. The van der Waals surface area contributed by atoms with Crippen LogP contribution in [0.25, 0.3) is 0 Å². The number of rotatable bonds is 10. The second-order valence-electron chi connectivity index (χ2n) is 15.5. The first-order valence-electron chi connectivity index (χ1n) is 17.0. The molecule has 1 aliphatic heterocycles. The van der Waals surface area contributed by atoms with E-state index >= 15 is 0 Å². The van der Waals surface area contributed by atoms with E-state index < -0.39 is 29.8 Å². The van der Waals surface area contributed by atoms with Gasteiger partial charge in [-0.1, -0.05) is 27.7 Å². The lowest BCUT2D eigenvalue weighted by Crippen LogP contribution is -2.60. The van der Waals surface area contributed by atoms with Crippen molar-refractivity contribution in [2.75, 3.05) is 0 Å². The number of carboxylic acids is 1. The Bertz CT molecular complexity index is 1160. The van der Waals surface area contributed by atoms with Crippen molar-refractivity contribution < 1.29 is 39.0 Å². The molecule has 1 saturated heterocycles. The summed E-state index contributed by atoms with van der Waals surface area (Å²) in [6.07, 6.45) is 10.4. The molecule has 0 aromatic carbocycles. The molecule has 5 rings (SSSR count). The van der Waals surface area contributed by atoms with E-state index in [1.807, 2.05) is 0 Å². The number of nitrogens with one attached hydrogen (secondary N) is 1. The first-order valence-corrected chi connectivity index (χ1v) is 17.0. The van der Waals surface area contributed by atoms with Crippen molar-refractivity contribution in [1.29, 1.82) is 0 Å². The zero-order valence-electron chi connectivity index (χ0n) is 26.9. The summed E-state index contributed by atoms with van der Waals surface area (Å²) < 4.78 is 0. The van der Waals surface area contributed by atoms with Crippen molar-refractivity contribution in [3.63, 3.8) is 0 Å². The van der Waals surface area contributed by atoms with Gasteiger partial charge in [-0.05, 0) is 116 Å². The number of carboxylic acid groups (broad SMARTS) is 1. The molecule has 0 bridgehead atoms. The summed E-state index contributed by atoms with van der Waals surface area (Å²) in [5.74, 6) is -0.866. The molecule has 0 aromatic rings. The second kappa shape index (κ2) is 12.4. The smallest absolute Gasteiger partial charge is 0.333 e. The van der Waals surface area contributed by atoms with Gasteiger partial charge in [0, 0.05) is 19.3 Å². The molecule has 10 heteroatoms. The van der Waals surface area contributed by atoms with E-state index in [1.54, 1.807) is 0 Å². The van der Waals surface area contributed by atoms with Crippen molar-refractivity contribution in [1.82, 2.24) is 10.4 Å². The molecule has 5 aliphatic rings. The van der Waals surface area contributed by atoms with Gasteiger partial charge >= 0.3 is 11.9 Å². The van der Waals surface area contributed by atoms with Crippen LogP contribution in [0.4, 0.5) is 0 Å². The Labute approximate surface area is 261 Å². The van der Waals surface area contributed by atoms with Crippen LogP contribution < -0.4 is 5.32 Å². The molecular formula is C34H52N2O8. The van der Waals surface area contributed by atoms with Crippen molar-refractivity contribution in [3.05, 3.63) is 0 Å². The molecule has 4 aliphatic carbocycles. The van der Waals surface area contributed by atoms with Crippen LogP contribution in [0, 0.1) is 45.8 Å². The number of hydrogen-bond donors (Lipinski definition) is 3. The third-order valence-electron chi connectivity index (χ3n) is 13.5. The van der Waals surface area contributed by atoms with Crippen LogP contribution in [0.5, 0.6) is 0 Å². The number of hydrogen-bond acceptors (Lipinski definition) is 7. The largest absolute Gasteiger partial charge is 0.480 e. The van der Waals surface area contributed by atoms with Crippen molar-refractivity contribution in [2.24, 2.45) is 45.8 Å². The van der Waals surface area contributed by atoms with E-state index in [9.17, 15) is 34.2 Å². The summed E-state index contributed by atoms with van der Waals surface area (Å²) in [5.41, 5.74) is 0.828. The Morgan fingerprint density at radius 3 is 2.27 bits per heavy atom. The number of aliphatic hydroxyl groups is 1. The van der Waals surface area contributed by atoms with Gasteiger partial charge in [0.25, 0.3) is 11.8 Å². The lowest BCUT2D eigenvalue weighted by atomic mass is 9.38. The average molecular weight is 617 g/mol. The molecule has 4 saturated carbocycles. The Hall–Kier alpha value is -2.49. The highest BCUT2D eigenvalue weighted by Crippen LogP contribution is 2.73. The summed E-state index contributed by atoms with van der Waals surface area (Å²) in [7, 11) is 0. The SMILES string of the molecule is C[C@H](CCC(=O)N[C@@H](CCC(=O)ON1C(=O)CCC1=O)C(=O)O)[C@H]1CCC2C3CC[C@@H]4C[C@H](O)CC[C@]4(C)C3(C)CC[C@@]21C. The minimum absolute atomic E-state index is 0.0232. The Kier molecular flexibility index (Phi) is 9.24. The molecule has 246 valence electrons. The fraction of sp³-hybridized carbons (Fsp3) is 0.853. The topological polar surface area (TPSA) is 150 Å². The maximum absolute atomic E-state index is 12.9. The van der Waals surface area contributed by atoms with Crippen LogP contribution in [0.15, 0.2) is 0 Å². The monoisotopic (exact) mass is 616 g/mol. The van der Waals surface area contributed by atoms with Crippen LogP contribution in [0.3, 0.4) is 0 Å². The first-order chi connectivity index (χ1) is 20.7. The van der Waals surface area contributed by atoms with E-state index in [0.29, 0.717) is 51.9 Å². The highest BCUT2D eigenvalue weighted by Gasteiger charge is 2.65. The highest BCUT2D eigenvalue weighted by molar-refractivity contribution is 6.01. The number of fused-ring (bicyclic) bond motifs is 5. The Balaban J connectivity index is 1.13. The standard InChI is InChI=1S/C34H52N2O8/c1-20(5-11-27(38)35-26(31(42)43)10-14-30(41)44-36-28(39)12-13-29(36)40)23-8-9-24-25-7-6-21-19-22(37)15-16-33(21,3)34(25,4)18-17-32(23,24)2/h20-26,37H,5-19H2,1-4H3,(H,35,38)(H,42,43)/t20-,21-,22-,23-,24?,25?,26+,32-,33+,34?/m1/s1. The van der Waals surface area contributed by atoms with Gasteiger partial charge in [-0.15, -0.1) is 5.06 Å². The van der Waals surface area contributed by atoms with E-state index in [0.717, 1.165) is 25.7 Å². The highest BCUT2D eigenvalue weighted by atomic mass is 16.7. The summed E-state index contributed by atoms with van der Waals surface area (Å²) in [4.78, 5) is 64.9. The molecule has 5 fully saturated rings. The average Bonchev–Trinajstić information content (AvgIpc) is 3.48. The minimum atomic E-state index is -1.27. The molecule has 10 nitrogen and oxygen atoms in total. The van der Waals surface area contributed by atoms with Crippen LogP contribution in [0.1, 0.15) is 124 Å². The van der Waals surface area contributed by atoms with Gasteiger partial charge in [-0.25, -0.2) is 9.59 Å². The molecule has 0 aromatic heterocycles.